The number of carbonyl (C=O) groups excluding carboxylic acids is 3. The molecular formula is C42H54F4N6O9S. The molecule has 4 amide bonds. The van der Waals surface area contributed by atoms with E-state index in [1.54, 1.807) is 30.5 Å². The minimum atomic E-state index is -5.12. The van der Waals surface area contributed by atoms with Crippen LogP contribution in [-0.2, 0) is 29.1 Å². The predicted molar refractivity (Wildman–Crippen MR) is 218 cm³/mol. The number of amides is 4. The molecule has 0 radical (unpaired) electrons. The van der Waals surface area contributed by atoms with E-state index in [-0.39, 0.29) is 55.3 Å². The van der Waals surface area contributed by atoms with Gasteiger partial charge in [-0.1, -0.05) is 44.2 Å². The number of aromatic nitrogens is 1. The van der Waals surface area contributed by atoms with Gasteiger partial charge in [0.05, 0.1) is 31.6 Å². The molecule has 1 aromatic carbocycles. The van der Waals surface area contributed by atoms with Crippen LogP contribution in [0.5, 0.6) is 5.88 Å². The molecule has 3 aliphatic heterocycles. The zero-order valence-electron chi connectivity index (χ0n) is 35.1. The first-order valence-corrected chi connectivity index (χ1v) is 22.5. The van der Waals surface area contributed by atoms with Gasteiger partial charge in [0.15, 0.2) is 0 Å². The third-order valence-corrected chi connectivity index (χ3v) is 15.5. The molecular weight excluding hydrogens is 841 g/mol. The fraction of sp³-hybridized carbons (Fsp3) is 0.643. The summed E-state index contributed by atoms with van der Waals surface area (Å²) in [6.07, 6.45) is -2.28. The van der Waals surface area contributed by atoms with Crippen molar-refractivity contribution >= 4 is 50.3 Å². The van der Waals surface area contributed by atoms with Crippen molar-refractivity contribution in [3.63, 3.8) is 0 Å². The van der Waals surface area contributed by atoms with Crippen molar-refractivity contribution in [1.29, 1.82) is 0 Å². The minimum Gasteiger partial charge on any atom is -0.472 e. The molecule has 3 N–H and O–H groups in total. The van der Waals surface area contributed by atoms with Crippen LogP contribution in [0.3, 0.4) is 0 Å². The third kappa shape index (κ3) is 8.40. The fourth-order valence-electron chi connectivity index (χ4n) is 9.20. The smallest absolute Gasteiger partial charge is 0.411 e. The van der Waals surface area contributed by atoms with Gasteiger partial charge in [0.25, 0.3) is 5.91 Å². The molecule has 2 aliphatic carbocycles. The number of fused-ring (bicyclic) bond motifs is 3. The highest BCUT2D eigenvalue weighted by Gasteiger charge is 2.64. The first kappa shape index (κ1) is 45.3. The summed E-state index contributed by atoms with van der Waals surface area (Å²) < 4.78 is 97.0. The molecule has 2 saturated heterocycles. The number of ether oxygens (including phenoxy) is 2. The van der Waals surface area contributed by atoms with E-state index in [2.05, 4.69) is 15.2 Å². The van der Waals surface area contributed by atoms with Gasteiger partial charge in [0, 0.05) is 36.2 Å². The standard InChI is InChI=1S/C42H54F4N6O9S/c1-25-9-5-6-10-27-21-41(27,37(55)49-62(58,59)40(24-43)13-14-40)48-34(53)31-20-28(61-35-30-12-8-7-11-29(30)32(22-47-35)50-15-17-60-18-16-50)23-51(31)36(54)33(26(2)19-25)52(38(56)57)39(3,4)42(44,45)46/h6-8,10-12,22,25-28,31,33H,5,9,13-21,23-24H2,1-4H3,(H,48,53)(H,49,55)(H,56,57)/t25-,26+,27+,28+,31-,33-,41+/m0/s1. The molecule has 20 heteroatoms. The number of carbonyl (C=O) groups is 4. The quantitative estimate of drug-likeness (QED) is 0.229. The minimum absolute atomic E-state index is 0.00566. The number of sulfonamides is 1. The third-order valence-electron chi connectivity index (χ3n) is 13.4. The van der Waals surface area contributed by atoms with E-state index >= 15 is 4.79 Å². The average molecular weight is 895 g/mol. The Morgan fingerprint density at radius 3 is 2.40 bits per heavy atom. The second-order valence-electron chi connectivity index (χ2n) is 18.1. The Morgan fingerprint density at radius 1 is 1.10 bits per heavy atom. The zero-order valence-corrected chi connectivity index (χ0v) is 35.9. The topological polar surface area (TPSA) is 188 Å². The number of allylic oxidation sites excluding steroid dienone is 1. The van der Waals surface area contributed by atoms with Crippen LogP contribution in [0.15, 0.2) is 42.6 Å². The van der Waals surface area contributed by atoms with Crippen molar-refractivity contribution in [2.24, 2.45) is 17.8 Å². The molecule has 62 heavy (non-hydrogen) atoms. The number of nitrogens with one attached hydrogen (secondary N) is 2. The number of pyridine rings is 1. The lowest BCUT2D eigenvalue weighted by atomic mass is 9.85. The van der Waals surface area contributed by atoms with Crippen LogP contribution >= 0.6 is 0 Å². The highest BCUT2D eigenvalue weighted by molar-refractivity contribution is 7.91. The molecule has 0 unspecified atom stereocenters. The van der Waals surface area contributed by atoms with E-state index < -0.39 is 92.5 Å². The number of rotatable bonds is 9. The van der Waals surface area contributed by atoms with Crippen LogP contribution in [-0.4, -0.2) is 132 Å². The average Bonchev–Trinajstić information content (AvgIpc) is 4.12. The number of alkyl halides is 4. The van der Waals surface area contributed by atoms with Crippen molar-refractivity contribution < 1.29 is 59.7 Å². The van der Waals surface area contributed by atoms with E-state index in [9.17, 15) is 45.5 Å². The number of hydrogen-bond acceptors (Lipinski definition) is 10. The predicted octanol–water partition coefficient (Wildman–Crippen LogP) is 4.94. The maximum atomic E-state index is 15.1. The maximum Gasteiger partial charge on any atom is 0.411 e. The van der Waals surface area contributed by atoms with E-state index in [0.717, 1.165) is 16.0 Å². The van der Waals surface area contributed by atoms with Crippen LogP contribution in [0.4, 0.5) is 28.0 Å². The van der Waals surface area contributed by atoms with Gasteiger partial charge in [-0.15, -0.1) is 0 Å². The van der Waals surface area contributed by atoms with Gasteiger partial charge >= 0.3 is 12.3 Å². The lowest BCUT2D eigenvalue weighted by Crippen LogP contribution is -2.66. The Kier molecular flexibility index (Phi) is 12.3. The zero-order chi connectivity index (χ0) is 45.0. The van der Waals surface area contributed by atoms with Crippen LogP contribution < -0.4 is 19.7 Å². The van der Waals surface area contributed by atoms with Gasteiger partial charge < -0.3 is 29.7 Å². The summed E-state index contributed by atoms with van der Waals surface area (Å²) in [7, 11) is -4.51. The second kappa shape index (κ2) is 16.8. The monoisotopic (exact) mass is 894 g/mol. The Hall–Kier alpha value is -4.72. The van der Waals surface area contributed by atoms with E-state index in [1.165, 1.54) is 6.92 Å². The van der Waals surface area contributed by atoms with E-state index in [1.807, 2.05) is 23.8 Å². The molecule has 7 atom stereocenters. The van der Waals surface area contributed by atoms with Crippen LogP contribution in [0.1, 0.15) is 72.6 Å². The molecule has 15 nitrogen and oxygen atoms in total. The fourth-order valence-corrected chi connectivity index (χ4v) is 10.6. The summed E-state index contributed by atoms with van der Waals surface area (Å²) in [4.78, 5) is 64.6. The second-order valence-corrected chi connectivity index (χ2v) is 20.2. The van der Waals surface area contributed by atoms with Crippen molar-refractivity contribution in [2.45, 2.75) is 113 Å². The summed E-state index contributed by atoms with van der Waals surface area (Å²) in [5, 5.41) is 14.6. The molecule has 0 bridgehead atoms. The highest BCUT2D eigenvalue weighted by Crippen LogP contribution is 2.48. The largest absolute Gasteiger partial charge is 0.472 e. The lowest BCUT2D eigenvalue weighted by molar-refractivity contribution is -0.222. The number of morpholine rings is 1. The van der Waals surface area contributed by atoms with Gasteiger partial charge in [0.2, 0.25) is 27.7 Å². The normalized spacial score (nSPS) is 29.4. The molecule has 1 aromatic heterocycles. The summed E-state index contributed by atoms with van der Waals surface area (Å²) >= 11 is 0. The van der Waals surface area contributed by atoms with Crippen LogP contribution in [0.2, 0.25) is 0 Å². The molecule has 2 saturated carbocycles. The first-order chi connectivity index (χ1) is 29.2. The van der Waals surface area contributed by atoms with Gasteiger partial charge in [-0.2, -0.15) is 13.2 Å². The molecule has 4 heterocycles. The van der Waals surface area contributed by atoms with Crippen molar-refractivity contribution in [1.82, 2.24) is 24.8 Å². The number of benzene rings is 1. The van der Waals surface area contributed by atoms with Crippen LogP contribution in [0, 0.1) is 17.8 Å². The first-order valence-electron chi connectivity index (χ1n) is 21.0. The number of anilines is 1. The summed E-state index contributed by atoms with van der Waals surface area (Å²) in [6, 6.07) is 3.87. The Balaban J connectivity index is 1.28. The Morgan fingerprint density at radius 2 is 1.77 bits per heavy atom. The summed E-state index contributed by atoms with van der Waals surface area (Å²) in [5.41, 5.74) is -4.07. The number of carboxylic acid groups (broad SMARTS) is 1. The molecule has 5 aliphatic rings. The van der Waals surface area contributed by atoms with Crippen molar-refractivity contribution in [3.05, 3.63) is 42.6 Å². The molecule has 4 fully saturated rings. The molecule has 2 aromatic rings. The summed E-state index contributed by atoms with van der Waals surface area (Å²) in [5.74, 6) is -4.85. The molecule has 7 rings (SSSR count). The van der Waals surface area contributed by atoms with Gasteiger partial charge in [-0.25, -0.2) is 22.6 Å². The van der Waals surface area contributed by atoms with Gasteiger partial charge in [0.1, 0.15) is 40.7 Å². The van der Waals surface area contributed by atoms with E-state index in [4.69, 9.17) is 9.47 Å². The number of hydrogen-bond donors (Lipinski definition) is 3. The molecule has 340 valence electrons. The van der Waals surface area contributed by atoms with Gasteiger partial charge in [-0.3, -0.25) is 24.0 Å². The summed E-state index contributed by atoms with van der Waals surface area (Å²) in [6.45, 7) is 5.40. The van der Waals surface area contributed by atoms with E-state index in [0.29, 0.717) is 58.4 Å². The highest BCUT2D eigenvalue weighted by atomic mass is 32.2. The lowest BCUT2D eigenvalue weighted by Gasteiger charge is -2.45. The van der Waals surface area contributed by atoms with Crippen molar-refractivity contribution in [2.75, 3.05) is 44.4 Å². The Labute approximate surface area is 357 Å². The van der Waals surface area contributed by atoms with Crippen LogP contribution in [0.25, 0.3) is 10.8 Å². The molecule has 0 spiro atoms. The SMILES string of the molecule is C[C@H]1CCC=C[C@@H]2C[C@@]2(C(=O)NS(=O)(=O)C2(CF)CC2)NC(=O)[C@@H]2C[C@@H](Oc3ncc(N4CCOCC4)c4ccccc34)CN2C(=O)[C@@H](N(C(=O)O)C(C)(C)C(F)(F)F)[C@H](C)C1. The van der Waals surface area contributed by atoms with Crippen molar-refractivity contribution in [3.8, 4) is 5.88 Å². The van der Waals surface area contributed by atoms with Gasteiger partial charge in [-0.05, 0) is 70.3 Å². The number of nitrogens with zero attached hydrogens (tertiary/aromatic N) is 4. The number of halogens is 4. The maximum absolute atomic E-state index is 15.1. The Bertz CT molecular complexity index is 2220.